The molecule has 0 radical (unpaired) electrons. The van der Waals surface area contributed by atoms with Crippen LogP contribution in [0.3, 0.4) is 0 Å². The van der Waals surface area contributed by atoms with Crippen LogP contribution in [0.15, 0.2) is 0 Å². The number of hydrogen-bond donors (Lipinski definition) is 1. The number of nitrogens with zero attached hydrogens (tertiary/aromatic N) is 1. The van der Waals surface area contributed by atoms with E-state index in [0.717, 1.165) is 45.2 Å². The smallest absolute Gasteiger partial charge is 0.306 e. The molecular weight excluding hydrogens is 266 g/mol. The maximum atomic E-state index is 12.6. The van der Waals surface area contributed by atoms with Crippen LogP contribution in [-0.4, -0.2) is 35.0 Å². The van der Waals surface area contributed by atoms with Crippen LogP contribution < -0.4 is 0 Å². The van der Waals surface area contributed by atoms with Crippen LogP contribution in [0, 0.1) is 23.2 Å². The van der Waals surface area contributed by atoms with Gasteiger partial charge < -0.3 is 10.0 Å². The lowest BCUT2D eigenvalue weighted by Crippen LogP contribution is -2.45. The number of carbonyl (C=O) groups excluding carboxylic acids is 1. The molecule has 21 heavy (non-hydrogen) atoms. The molecule has 1 saturated heterocycles. The van der Waals surface area contributed by atoms with Crippen molar-refractivity contribution in [3.63, 3.8) is 0 Å². The third-order valence-corrected chi connectivity index (χ3v) is 5.40. The Kier molecular flexibility index (Phi) is 4.95. The number of piperidine rings is 1. The van der Waals surface area contributed by atoms with Gasteiger partial charge in [-0.2, -0.15) is 0 Å². The molecule has 1 saturated carbocycles. The Morgan fingerprint density at radius 2 is 1.57 bits per heavy atom. The Labute approximate surface area is 127 Å². The van der Waals surface area contributed by atoms with E-state index in [1.807, 2.05) is 4.90 Å². The van der Waals surface area contributed by atoms with Crippen molar-refractivity contribution in [3.8, 4) is 0 Å². The molecule has 0 aromatic rings. The molecule has 2 rings (SSSR count). The summed E-state index contributed by atoms with van der Waals surface area (Å²) in [6.45, 7) is 8.50. The van der Waals surface area contributed by atoms with Gasteiger partial charge in [-0.1, -0.05) is 27.2 Å². The predicted octanol–water partition coefficient (Wildman–Crippen LogP) is 3.16. The third kappa shape index (κ3) is 3.98. The first-order valence-electron chi connectivity index (χ1n) is 8.30. The third-order valence-electron chi connectivity index (χ3n) is 5.40. The summed E-state index contributed by atoms with van der Waals surface area (Å²) in [6.07, 6.45) is 5.14. The maximum absolute atomic E-state index is 12.6. The summed E-state index contributed by atoms with van der Waals surface area (Å²) in [5.41, 5.74) is 0.314. The summed E-state index contributed by atoms with van der Waals surface area (Å²) in [4.78, 5) is 25.7. The molecule has 1 aliphatic heterocycles. The van der Waals surface area contributed by atoms with Gasteiger partial charge in [0, 0.05) is 19.0 Å². The van der Waals surface area contributed by atoms with E-state index in [1.165, 1.54) is 0 Å². The van der Waals surface area contributed by atoms with E-state index >= 15 is 0 Å². The summed E-state index contributed by atoms with van der Waals surface area (Å²) in [5.74, 6) is -0.238. The minimum absolute atomic E-state index is 0.0639. The van der Waals surface area contributed by atoms with Crippen LogP contribution in [0.1, 0.15) is 59.3 Å². The highest BCUT2D eigenvalue weighted by molar-refractivity contribution is 5.80. The molecule has 1 N–H and O–H groups in total. The van der Waals surface area contributed by atoms with Crippen molar-refractivity contribution in [1.29, 1.82) is 0 Å². The lowest BCUT2D eigenvalue weighted by molar-refractivity contribution is -0.146. The summed E-state index contributed by atoms with van der Waals surface area (Å²) in [6, 6.07) is 0. The highest BCUT2D eigenvalue weighted by atomic mass is 16.4. The molecule has 1 heterocycles. The molecule has 2 atom stereocenters. The van der Waals surface area contributed by atoms with Gasteiger partial charge in [0.2, 0.25) is 5.91 Å². The SMILES string of the molecule is CC(C)(C)C1CCN(C(=O)C2CCCC(C(=O)O)C2)CC1. The van der Waals surface area contributed by atoms with Gasteiger partial charge >= 0.3 is 5.97 Å². The minimum Gasteiger partial charge on any atom is -0.481 e. The monoisotopic (exact) mass is 295 g/mol. The van der Waals surface area contributed by atoms with E-state index in [1.54, 1.807) is 0 Å². The standard InChI is InChI=1S/C17H29NO3/c1-17(2,3)14-7-9-18(10-8-14)15(19)12-5-4-6-13(11-12)16(20)21/h12-14H,4-11H2,1-3H3,(H,20,21). The second kappa shape index (κ2) is 6.37. The molecule has 4 nitrogen and oxygen atoms in total. The van der Waals surface area contributed by atoms with Crippen LogP contribution >= 0.6 is 0 Å². The van der Waals surface area contributed by atoms with Crippen molar-refractivity contribution >= 4 is 11.9 Å². The summed E-state index contributed by atoms with van der Waals surface area (Å²) in [7, 11) is 0. The first-order chi connectivity index (χ1) is 9.79. The number of likely N-dealkylation sites (tertiary alicyclic amines) is 1. The van der Waals surface area contributed by atoms with Crippen molar-refractivity contribution in [3.05, 3.63) is 0 Å². The number of carboxylic acids is 1. The molecule has 2 unspecified atom stereocenters. The average Bonchev–Trinajstić information content (AvgIpc) is 2.46. The van der Waals surface area contributed by atoms with Gasteiger partial charge in [0.15, 0.2) is 0 Å². The molecule has 4 heteroatoms. The minimum atomic E-state index is -0.737. The molecule has 1 aliphatic carbocycles. The fraction of sp³-hybridized carbons (Fsp3) is 0.882. The van der Waals surface area contributed by atoms with E-state index in [9.17, 15) is 9.59 Å². The van der Waals surface area contributed by atoms with Gasteiger partial charge in [-0.05, 0) is 43.4 Å². The molecule has 0 aromatic heterocycles. The Bertz CT molecular complexity index is 391. The molecule has 0 bridgehead atoms. The number of carboxylic acid groups (broad SMARTS) is 1. The van der Waals surface area contributed by atoms with Crippen molar-refractivity contribution in [2.24, 2.45) is 23.2 Å². The number of amides is 1. The van der Waals surface area contributed by atoms with Crippen LogP contribution in [-0.2, 0) is 9.59 Å². The number of aliphatic carboxylic acids is 1. The Balaban J connectivity index is 1.88. The zero-order chi connectivity index (χ0) is 15.6. The van der Waals surface area contributed by atoms with Gasteiger partial charge in [-0.3, -0.25) is 9.59 Å². The zero-order valence-electron chi connectivity index (χ0n) is 13.6. The first kappa shape index (κ1) is 16.3. The Morgan fingerprint density at radius 1 is 1.00 bits per heavy atom. The van der Waals surface area contributed by atoms with Gasteiger partial charge in [-0.15, -0.1) is 0 Å². The van der Waals surface area contributed by atoms with E-state index in [-0.39, 0.29) is 17.7 Å². The molecule has 0 aromatic carbocycles. The van der Waals surface area contributed by atoms with E-state index in [2.05, 4.69) is 20.8 Å². The second-order valence-electron chi connectivity index (χ2n) is 7.86. The van der Waals surface area contributed by atoms with Crippen LogP contribution in [0.5, 0.6) is 0 Å². The Hall–Kier alpha value is -1.06. The number of carbonyl (C=O) groups is 2. The topological polar surface area (TPSA) is 57.6 Å². The molecule has 120 valence electrons. The maximum Gasteiger partial charge on any atom is 0.306 e. The molecule has 2 fully saturated rings. The van der Waals surface area contributed by atoms with Crippen molar-refractivity contribution in [2.75, 3.05) is 13.1 Å². The van der Waals surface area contributed by atoms with Crippen molar-refractivity contribution in [1.82, 2.24) is 4.90 Å². The van der Waals surface area contributed by atoms with Crippen molar-refractivity contribution < 1.29 is 14.7 Å². The highest BCUT2D eigenvalue weighted by Gasteiger charge is 2.36. The average molecular weight is 295 g/mol. The number of hydrogen-bond acceptors (Lipinski definition) is 2. The highest BCUT2D eigenvalue weighted by Crippen LogP contribution is 2.36. The van der Waals surface area contributed by atoms with Gasteiger partial charge in [0.25, 0.3) is 0 Å². The van der Waals surface area contributed by atoms with E-state index < -0.39 is 5.97 Å². The summed E-state index contributed by atoms with van der Waals surface area (Å²) in [5, 5.41) is 9.15. The van der Waals surface area contributed by atoms with Crippen LogP contribution in [0.4, 0.5) is 0 Å². The normalized spacial score (nSPS) is 28.4. The van der Waals surface area contributed by atoms with Gasteiger partial charge in [0.1, 0.15) is 0 Å². The quantitative estimate of drug-likeness (QED) is 0.851. The number of rotatable bonds is 2. The lowest BCUT2D eigenvalue weighted by atomic mass is 9.75. The fourth-order valence-corrected chi connectivity index (χ4v) is 3.86. The molecule has 1 amide bonds. The van der Waals surface area contributed by atoms with Crippen LogP contribution in [0.2, 0.25) is 0 Å². The molecule has 2 aliphatic rings. The zero-order valence-corrected chi connectivity index (χ0v) is 13.6. The second-order valence-corrected chi connectivity index (χ2v) is 7.86. The largest absolute Gasteiger partial charge is 0.481 e. The van der Waals surface area contributed by atoms with Crippen LogP contribution in [0.25, 0.3) is 0 Å². The summed E-state index contributed by atoms with van der Waals surface area (Å²) >= 11 is 0. The predicted molar refractivity (Wildman–Crippen MR) is 81.8 cm³/mol. The summed E-state index contributed by atoms with van der Waals surface area (Å²) < 4.78 is 0. The van der Waals surface area contributed by atoms with E-state index in [0.29, 0.717) is 17.8 Å². The lowest BCUT2D eigenvalue weighted by Gasteiger charge is -2.40. The van der Waals surface area contributed by atoms with E-state index in [4.69, 9.17) is 5.11 Å². The molecular formula is C17H29NO3. The Morgan fingerprint density at radius 3 is 2.10 bits per heavy atom. The van der Waals surface area contributed by atoms with Crippen molar-refractivity contribution in [2.45, 2.75) is 59.3 Å². The van der Waals surface area contributed by atoms with Gasteiger partial charge in [0.05, 0.1) is 5.92 Å². The molecule has 0 spiro atoms. The van der Waals surface area contributed by atoms with Gasteiger partial charge in [-0.25, -0.2) is 0 Å². The fourth-order valence-electron chi connectivity index (χ4n) is 3.86. The first-order valence-corrected chi connectivity index (χ1v) is 8.30.